The Morgan fingerprint density at radius 2 is 1.93 bits per heavy atom. The van der Waals surface area contributed by atoms with Crippen LogP contribution in [0.4, 0.5) is 0 Å². The van der Waals surface area contributed by atoms with Crippen LogP contribution in [0.25, 0.3) is 0 Å². The molecule has 3 aliphatic heterocycles. The van der Waals surface area contributed by atoms with E-state index in [0.29, 0.717) is 25.7 Å². The second-order valence-corrected chi connectivity index (χ2v) is 3.90. The number of carbonyl (C=O) groups is 1. The lowest BCUT2D eigenvalue weighted by Gasteiger charge is -2.47. The van der Waals surface area contributed by atoms with Gasteiger partial charge in [0.25, 0.3) is 5.97 Å². The number of rotatable bonds is 3. The molecule has 0 saturated carbocycles. The summed E-state index contributed by atoms with van der Waals surface area (Å²) in [6.07, 6.45) is -0.00926. The van der Waals surface area contributed by atoms with E-state index in [2.05, 4.69) is 0 Å². The van der Waals surface area contributed by atoms with Gasteiger partial charge in [0.2, 0.25) is 0 Å². The van der Waals surface area contributed by atoms with E-state index in [1.807, 2.05) is 0 Å². The normalized spacial score (nSPS) is 38.2. The fourth-order valence-corrected chi connectivity index (χ4v) is 1.79. The molecule has 1 unspecified atom stereocenters. The van der Waals surface area contributed by atoms with Crippen LogP contribution in [0.5, 0.6) is 0 Å². The van der Waals surface area contributed by atoms with Crippen molar-refractivity contribution < 1.29 is 24.1 Å². The van der Waals surface area contributed by atoms with Crippen molar-refractivity contribution in [3.63, 3.8) is 0 Å². The van der Waals surface area contributed by atoms with Crippen molar-refractivity contribution in [2.45, 2.75) is 19.3 Å². The number of carboxylic acid groups (broad SMARTS) is 1. The summed E-state index contributed by atoms with van der Waals surface area (Å²) in [5, 5.41) is 8.67. The molecule has 5 nitrogen and oxygen atoms in total. The zero-order chi connectivity index (χ0) is 10.2. The van der Waals surface area contributed by atoms with Crippen LogP contribution < -0.4 is 0 Å². The Kier molecular flexibility index (Phi) is 2.47. The molecule has 1 N–H and O–H groups in total. The number of carboxylic acids is 1. The third-order valence-electron chi connectivity index (χ3n) is 2.65. The van der Waals surface area contributed by atoms with Gasteiger partial charge in [-0.1, -0.05) is 6.92 Å². The summed E-state index contributed by atoms with van der Waals surface area (Å²) in [6.45, 7) is 3.57. The lowest BCUT2D eigenvalue weighted by atomic mass is 10.0. The molecular formula is C9H14O5. The number of hydrogen-bond acceptors (Lipinski definition) is 4. The summed E-state index contributed by atoms with van der Waals surface area (Å²) in [4.78, 5) is 10.6. The van der Waals surface area contributed by atoms with Crippen molar-refractivity contribution in [3.8, 4) is 0 Å². The fourth-order valence-electron chi connectivity index (χ4n) is 1.79. The Hall–Kier alpha value is -0.650. The molecule has 0 aromatic rings. The molecule has 14 heavy (non-hydrogen) atoms. The van der Waals surface area contributed by atoms with Crippen LogP contribution >= 0.6 is 0 Å². The van der Waals surface area contributed by atoms with E-state index < -0.39 is 11.9 Å². The maximum atomic E-state index is 10.6. The SMILES string of the molecule is CC(CC(=O)O)C12OCC(CO1)CO2. The summed E-state index contributed by atoms with van der Waals surface area (Å²) in [7, 11) is 0. The Morgan fingerprint density at radius 3 is 2.36 bits per heavy atom. The quantitative estimate of drug-likeness (QED) is 0.719. The van der Waals surface area contributed by atoms with Crippen molar-refractivity contribution in [1.82, 2.24) is 0 Å². The lowest BCUT2D eigenvalue weighted by Crippen LogP contribution is -2.57. The number of hydrogen-bond donors (Lipinski definition) is 1. The van der Waals surface area contributed by atoms with Crippen LogP contribution in [0.15, 0.2) is 0 Å². The third-order valence-corrected chi connectivity index (χ3v) is 2.65. The molecule has 3 fully saturated rings. The number of fused-ring (bicyclic) bond motifs is 3. The fraction of sp³-hybridized carbons (Fsp3) is 0.889. The average Bonchev–Trinajstić information content (AvgIpc) is 2.19. The van der Waals surface area contributed by atoms with Gasteiger partial charge in [-0.2, -0.15) is 0 Å². The first-order valence-electron chi connectivity index (χ1n) is 4.76. The first-order valence-corrected chi connectivity index (χ1v) is 4.76. The second kappa shape index (κ2) is 3.49. The Labute approximate surface area is 81.9 Å². The van der Waals surface area contributed by atoms with Crippen LogP contribution in [-0.2, 0) is 19.0 Å². The van der Waals surface area contributed by atoms with Crippen LogP contribution in [0, 0.1) is 11.8 Å². The van der Waals surface area contributed by atoms with Gasteiger partial charge in [0.15, 0.2) is 0 Å². The smallest absolute Gasteiger partial charge is 0.303 e. The van der Waals surface area contributed by atoms with E-state index in [9.17, 15) is 4.79 Å². The molecule has 5 heteroatoms. The van der Waals surface area contributed by atoms with E-state index in [-0.39, 0.29) is 12.3 Å². The molecule has 0 spiro atoms. The molecule has 0 radical (unpaired) electrons. The monoisotopic (exact) mass is 202 g/mol. The highest BCUT2D eigenvalue weighted by atomic mass is 16.9. The van der Waals surface area contributed by atoms with Gasteiger partial charge in [-0.15, -0.1) is 0 Å². The number of ether oxygens (including phenoxy) is 3. The summed E-state index contributed by atoms with van der Waals surface area (Å²) in [5.74, 6) is -1.96. The highest BCUT2D eigenvalue weighted by molar-refractivity contribution is 5.67. The molecule has 0 aliphatic carbocycles. The van der Waals surface area contributed by atoms with Gasteiger partial charge < -0.3 is 19.3 Å². The van der Waals surface area contributed by atoms with Gasteiger partial charge in [-0.3, -0.25) is 4.79 Å². The topological polar surface area (TPSA) is 65.0 Å². The number of aliphatic carboxylic acids is 1. The van der Waals surface area contributed by atoms with Crippen molar-refractivity contribution in [2.75, 3.05) is 19.8 Å². The predicted octanol–water partition coefficient (Wildman–Crippen LogP) is 0.444. The zero-order valence-corrected chi connectivity index (χ0v) is 8.06. The Balaban J connectivity index is 2.03. The zero-order valence-electron chi connectivity index (χ0n) is 8.06. The molecule has 0 aromatic heterocycles. The first-order chi connectivity index (χ1) is 6.62. The van der Waals surface area contributed by atoms with Gasteiger partial charge in [-0.25, -0.2) is 0 Å². The molecule has 3 rings (SSSR count). The molecule has 1 atom stereocenters. The maximum Gasteiger partial charge on any atom is 0.303 e. The molecule has 3 saturated heterocycles. The maximum absolute atomic E-state index is 10.6. The van der Waals surface area contributed by atoms with Gasteiger partial charge >= 0.3 is 5.97 Å². The second-order valence-electron chi connectivity index (χ2n) is 3.90. The molecule has 0 aromatic carbocycles. The summed E-state index contributed by atoms with van der Waals surface area (Å²) in [6, 6.07) is 0. The van der Waals surface area contributed by atoms with Crippen molar-refractivity contribution in [3.05, 3.63) is 0 Å². The minimum Gasteiger partial charge on any atom is -0.481 e. The molecule has 80 valence electrons. The Morgan fingerprint density at radius 1 is 1.43 bits per heavy atom. The standard InChI is InChI=1S/C9H14O5/c1-6(2-8(10)11)9-12-3-7(4-13-9)5-14-9/h6-7H,2-5H2,1H3,(H,10,11). The third kappa shape index (κ3) is 1.63. The Bertz CT molecular complexity index is 218. The molecule has 0 amide bonds. The van der Waals surface area contributed by atoms with E-state index in [0.717, 1.165) is 0 Å². The minimum absolute atomic E-state index is 0.00926. The molecule has 2 bridgehead atoms. The van der Waals surface area contributed by atoms with Gasteiger partial charge in [-0.05, 0) is 0 Å². The molecular weight excluding hydrogens is 188 g/mol. The highest BCUT2D eigenvalue weighted by Gasteiger charge is 2.49. The van der Waals surface area contributed by atoms with Crippen LogP contribution in [0.3, 0.4) is 0 Å². The van der Waals surface area contributed by atoms with Crippen LogP contribution in [-0.4, -0.2) is 36.9 Å². The summed E-state index contributed by atoms with van der Waals surface area (Å²) in [5.41, 5.74) is 0. The minimum atomic E-state index is -1.10. The largest absolute Gasteiger partial charge is 0.481 e. The van der Waals surface area contributed by atoms with Gasteiger partial charge in [0.1, 0.15) is 0 Å². The van der Waals surface area contributed by atoms with Gasteiger partial charge in [0.05, 0.1) is 26.2 Å². The van der Waals surface area contributed by atoms with E-state index >= 15 is 0 Å². The van der Waals surface area contributed by atoms with Crippen molar-refractivity contribution in [1.29, 1.82) is 0 Å². The van der Waals surface area contributed by atoms with Crippen LogP contribution in [0.1, 0.15) is 13.3 Å². The average molecular weight is 202 g/mol. The van der Waals surface area contributed by atoms with Crippen molar-refractivity contribution in [2.24, 2.45) is 11.8 Å². The summed E-state index contributed by atoms with van der Waals surface area (Å²) < 4.78 is 16.3. The predicted molar refractivity (Wildman–Crippen MR) is 45.5 cm³/mol. The van der Waals surface area contributed by atoms with E-state index in [1.165, 1.54) is 0 Å². The molecule has 3 aliphatic rings. The van der Waals surface area contributed by atoms with E-state index in [4.69, 9.17) is 19.3 Å². The van der Waals surface area contributed by atoms with Gasteiger partial charge in [0, 0.05) is 11.8 Å². The summed E-state index contributed by atoms with van der Waals surface area (Å²) >= 11 is 0. The highest BCUT2D eigenvalue weighted by Crippen LogP contribution is 2.37. The lowest BCUT2D eigenvalue weighted by molar-refractivity contribution is -0.465. The van der Waals surface area contributed by atoms with Crippen LogP contribution in [0.2, 0.25) is 0 Å². The van der Waals surface area contributed by atoms with Crippen molar-refractivity contribution >= 4 is 5.97 Å². The molecule has 3 heterocycles. The first kappa shape index (κ1) is 9.89. The van der Waals surface area contributed by atoms with E-state index in [1.54, 1.807) is 6.92 Å².